The lowest BCUT2D eigenvalue weighted by Gasteiger charge is -2.31. The minimum atomic E-state index is -1.42. The van der Waals surface area contributed by atoms with Crippen LogP contribution in [0.4, 0.5) is 10.1 Å². The molecule has 1 atom stereocenters. The number of halogens is 1. The number of hydrogen-bond acceptors (Lipinski definition) is 4. The highest BCUT2D eigenvalue weighted by molar-refractivity contribution is 5.98. The second kappa shape index (κ2) is 5.12. The molecule has 0 bridgehead atoms. The maximum Gasteiger partial charge on any atom is 0.329 e. The van der Waals surface area contributed by atoms with Crippen LogP contribution in [0.1, 0.15) is 30.1 Å². The summed E-state index contributed by atoms with van der Waals surface area (Å²) in [6, 6.07) is 2.62. The Morgan fingerprint density at radius 1 is 1.48 bits per heavy atom. The first-order valence-corrected chi connectivity index (χ1v) is 6.26. The highest BCUT2D eigenvalue weighted by atomic mass is 19.1. The van der Waals surface area contributed by atoms with E-state index in [0.717, 1.165) is 23.1 Å². The first-order valence-electron chi connectivity index (χ1n) is 6.26. The summed E-state index contributed by atoms with van der Waals surface area (Å²) >= 11 is 0. The third-order valence-electron chi connectivity index (χ3n) is 3.74. The van der Waals surface area contributed by atoms with Crippen LogP contribution in [0.2, 0.25) is 0 Å². The molecule has 7 nitrogen and oxygen atoms in total. The number of benzene rings is 1. The smallest absolute Gasteiger partial charge is 0.329 e. The summed E-state index contributed by atoms with van der Waals surface area (Å²) in [5, 5.41) is 20.0. The fourth-order valence-electron chi connectivity index (χ4n) is 2.45. The number of rotatable bonds is 3. The van der Waals surface area contributed by atoms with Gasteiger partial charge in [-0.2, -0.15) is 0 Å². The average Bonchev–Trinajstić information content (AvgIpc) is 2.81. The van der Waals surface area contributed by atoms with Crippen molar-refractivity contribution >= 4 is 17.6 Å². The number of carboxylic acid groups (broad SMARTS) is 1. The topological polar surface area (TPSA) is 101 Å². The Morgan fingerprint density at radius 2 is 2.14 bits per heavy atom. The summed E-state index contributed by atoms with van der Waals surface area (Å²) < 4.78 is 13.8. The van der Waals surface area contributed by atoms with Gasteiger partial charge in [-0.3, -0.25) is 14.9 Å². The van der Waals surface area contributed by atoms with Crippen molar-refractivity contribution in [2.24, 2.45) is 0 Å². The Kier molecular flexibility index (Phi) is 3.63. The fraction of sp³-hybridized carbons (Fsp3) is 0.385. The molecule has 1 aromatic rings. The van der Waals surface area contributed by atoms with E-state index in [1.54, 1.807) is 0 Å². The Balaban J connectivity index is 2.42. The number of carbonyl (C=O) groups excluding carboxylic acids is 1. The highest BCUT2D eigenvalue weighted by Crippen LogP contribution is 2.31. The minimum absolute atomic E-state index is 0.170. The summed E-state index contributed by atoms with van der Waals surface area (Å²) in [6.07, 6.45) is 0.732. The van der Waals surface area contributed by atoms with Crippen LogP contribution in [0, 0.1) is 15.9 Å². The lowest BCUT2D eigenvalue weighted by atomic mass is 9.98. The molecule has 112 valence electrons. The van der Waals surface area contributed by atoms with E-state index >= 15 is 0 Å². The summed E-state index contributed by atoms with van der Waals surface area (Å²) in [4.78, 5) is 34.7. The molecule has 1 aliphatic heterocycles. The highest BCUT2D eigenvalue weighted by Gasteiger charge is 2.46. The molecule has 2 rings (SSSR count). The lowest BCUT2D eigenvalue weighted by Crippen LogP contribution is -2.50. The molecule has 1 aliphatic rings. The van der Waals surface area contributed by atoms with Crippen molar-refractivity contribution in [3.8, 4) is 0 Å². The van der Waals surface area contributed by atoms with Gasteiger partial charge in [0.15, 0.2) is 0 Å². The van der Waals surface area contributed by atoms with E-state index < -0.39 is 39.4 Å². The molecule has 1 saturated heterocycles. The predicted octanol–water partition coefficient (Wildman–Crippen LogP) is 1.81. The van der Waals surface area contributed by atoms with Crippen molar-refractivity contribution < 1.29 is 24.0 Å². The number of nitro benzene ring substituents is 1. The summed E-state index contributed by atoms with van der Waals surface area (Å²) in [5.74, 6) is -2.94. The number of likely N-dealkylation sites (tertiary alicyclic amines) is 1. The van der Waals surface area contributed by atoms with E-state index in [0.29, 0.717) is 6.42 Å². The number of carboxylic acids is 1. The number of aliphatic carboxylic acids is 1. The number of carbonyl (C=O) groups is 2. The molecule has 0 aliphatic carbocycles. The van der Waals surface area contributed by atoms with Crippen LogP contribution < -0.4 is 0 Å². The van der Waals surface area contributed by atoms with E-state index in [4.69, 9.17) is 0 Å². The van der Waals surface area contributed by atoms with Gasteiger partial charge in [-0.05, 0) is 25.8 Å². The van der Waals surface area contributed by atoms with Gasteiger partial charge in [0.2, 0.25) is 0 Å². The van der Waals surface area contributed by atoms with E-state index in [1.807, 2.05) is 0 Å². The zero-order valence-electron chi connectivity index (χ0n) is 11.2. The molecule has 0 aromatic heterocycles. The van der Waals surface area contributed by atoms with Crippen LogP contribution in [0.25, 0.3) is 0 Å². The zero-order valence-corrected chi connectivity index (χ0v) is 11.2. The SMILES string of the molecule is CC1(C(=O)O)CCCN1C(=O)c1cc([N+](=O)[O-])ccc1F. The van der Waals surface area contributed by atoms with Crippen molar-refractivity contribution in [1.29, 1.82) is 0 Å². The van der Waals surface area contributed by atoms with Gasteiger partial charge in [0.25, 0.3) is 11.6 Å². The molecule has 1 unspecified atom stereocenters. The largest absolute Gasteiger partial charge is 0.480 e. The van der Waals surface area contributed by atoms with Gasteiger partial charge in [-0.25, -0.2) is 9.18 Å². The van der Waals surface area contributed by atoms with Crippen LogP contribution in [0.5, 0.6) is 0 Å². The Bertz CT molecular complexity index is 633. The third kappa shape index (κ3) is 2.44. The van der Waals surface area contributed by atoms with E-state index in [9.17, 15) is 29.2 Å². The van der Waals surface area contributed by atoms with Crippen LogP contribution in [0.3, 0.4) is 0 Å². The van der Waals surface area contributed by atoms with E-state index in [2.05, 4.69) is 0 Å². The second-order valence-electron chi connectivity index (χ2n) is 5.06. The standard InChI is InChI=1S/C13H13FN2O5/c1-13(12(18)19)5-2-6-15(13)11(17)9-7-8(16(20)21)3-4-10(9)14/h3-4,7H,2,5-6H2,1H3,(H,18,19). The fourth-order valence-corrected chi connectivity index (χ4v) is 2.45. The van der Waals surface area contributed by atoms with Gasteiger partial charge in [0.05, 0.1) is 10.5 Å². The third-order valence-corrected chi connectivity index (χ3v) is 3.74. The number of nitro groups is 1. The van der Waals surface area contributed by atoms with Gasteiger partial charge in [-0.15, -0.1) is 0 Å². The van der Waals surface area contributed by atoms with Gasteiger partial charge in [-0.1, -0.05) is 0 Å². The van der Waals surface area contributed by atoms with Crippen molar-refractivity contribution in [3.63, 3.8) is 0 Å². The molecule has 1 aromatic carbocycles. The van der Waals surface area contributed by atoms with E-state index in [-0.39, 0.29) is 13.0 Å². The van der Waals surface area contributed by atoms with Crippen LogP contribution >= 0.6 is 0 Å². The van der Waals surface area contributed by atoms with E-state index in [1.165, 1.54) is 6.92 Å². The lowest BCUT2D eigenvalue weighted by molar-refractivity contribution is -0.384. The minimum Gasteiger partial charge on any atom is -0.480 e. The molecule has 1 fully saturated rings. The summed E-state index contributed by atoms with van der Waals surface area (Å²) in [5.41, 5.74) is -2.33. The van der Waals surface area contributed by atoms with Crippen molar-refractivity contribution in [1.82, 2.24) is 4.90 Å². The van der Waals surface area contributed by atoms with Gasteiger partial charge in [0, 0.05) is 18.7 Å². The van der Waals surface area contributed by atoms with Crippen molar-refractivity contribution in [2.75, 3.05) is 6.54 Å². The normalized spacial score (nSPS) is 21.3. The van der Waals surface area contributed by atoms with Crippen molar-refractivity contribution in [2.45, 2.75) is 25.3 Å². The Labute approximate surface area is 119 Å². The van der Waals surface area contributed by atoms with Gasteiger partial charge >= 0.3 is 5.97 Å². The summed E-state index contributed by atoms with van der Waals surface area (Å²) in [6.45, 7) is 1.55. The number of hydrogen-bond donors (Lipinski definition) is 1. The van der Waals surface area contributed by atoms with Gasteiger partial charge in [0.1, 0.15) is 11.4 Å². The number of nitrogens with zero attached hydrogens (tertiary/aromatic N) is 2. The quantitative estimate of drug-likeness (QED) is 0.677. The number of non-ortho nitro benzene ring substituents is 1. The molecule has 1 amide bonds. The van der Waals surface area contributed by atoms with Crippen LogP contribution in [0.15, 0.2) is 18.2 Å². The summed E-state index contributed by atoms with van der Waals surface area (Å²) in [7, 11) is 0. The molecule has 1 heterocycles. The predicted molar refractivity (Wildman–Crippen MR) is 69.4 cm³/mol. The average molecular weight is 296 g/mol. The molecular weight excluding hydrogens is 283 g/mol. The monoisotopic (exact) mass is 296 g/mol. The first kappa shape index (κ1) is 14.9. The molecule has 1 N–H and O–H groups in total. The van der Waals surface area contributed by atoms with Crippen LogP contribution in [-0.4, -0.2) is 38.9 Å². The Hall–Kier alpha value is -2.51. The Morgan fingerprint density at radius 3 is 2.71 bits per heavy atom. The van der Waals surface area contributed by atoms with Crippen molar-refractivity contribution in [3.05, 3.63) is 39.7 Å². The molecule has 0 saturated carbocycles. The molecule has 8 heteroatoms. The zero-order chi connectivity index (χ0) is 15.8. The molecular formula is C13H13FN2O5. The number of amides is 1. The van der Waals surface area contributed by atoms with Gasteiger partial charge < -0.3 is 10.0 Å². The first-order chi connectivity index (χ1) is 9.77. The molecule has 0 spiro atoms. The van der Waals surface area contributed by atoms with Crippen LogP contribution in [-0.2, 0) is 4.79 Å². The maximum atomic E-state index is 13.8. The second-order valence-corrected chi connectivity index (χ2v) is 5.06. The molecule has 0 radical (unpaired) electrons. The maximum absolute atomic E-state index is 13.8. The molecule has 21 heavy (non-hydrogen) atoms.